The molecule has 1 amide bonds. The van der Waals surface area contributed by atoms with E-state index in [0.29, 0.717) is 5.13 Å². The molecular weight excluding hydrogens is 246 g/mol. The Morgan fingerprint density at radius 1 is 1.50 bits per heavy atom. The van der Waals surface area contributed by atoms with Crippen LogP contribution in [0.2, 0.25) is 0 Å². The molecule has 5 heteroatoms. The third-order valence-corrected chi connectivity index (χ3v) is 4.38. The minimum absolute atomic E-state index is 0.0811. The third-order valence-electron chi connectivity index (χ3n) is 3.61. The molecule has 1 aromatic heterocycles. The number of thiazole rings is 1. The standard InChI is InChI=1S/C13H21N3OS/c1-8-3-5-10(6-4-8)12(17)16-13-15-11(7-18-13)9(2)14/h7-10H,3-6,14H2,1-2H3,(H,15,16,17). The Morgan fingerprint density at radius 2 is 2.17 bits per heavy atom. The summed E-state index contributed by atoms with van der Waals surface area (Å²) in [5, 5.41) is 5.49. The molecule has 0 aromatic carbocycles. The SMILES string of the molecule is CC1CCC(C(=O)Nc2nc(C(C)N)cs2)CC1. The fourth-order valence-corrected chi connectivity index (χ4v) is 3.10. The molecule has 0 aliphatic heterocycles. The van der Waals surface area contributed by atoms with Gasteiger partial charge < -0.3 is 11.1 Å². The van der Waals surface area contributed by atoms with E-state index in [0.717, 1.165) is 37.3 Å². The molecule has 3 N–H and O–H groups in total. The van der Waals surface area contributed by atoms with E-state index >= 15 is 0 Å². The van der Waals surface area contributed by atoms with Crippen molar-refractivity contribution in [1.82, 2.24) is 4.98 Å². The summed E-state index contributed by atoms with van der Waals surface area (Å²) in [4.78, 5) is 16.4. The van der Waals surface area contributed by atoms with Crippen LogP contribution in [0, 0.1) is 11.8 Å². The van der Waals surface area contributed by atoms with Crippen molar-refractivity contribution in [2.24, 2.45) is 17.6 Å². The van der Waals surface area contributed by atoms with Gasteiger partial charge in [0.25, 0.3) is 0 Å². The van der Waals surface area contributed by atoms with Crippen molar-refractivity contribution in [2.75, 3.05) is 5.32 Å². The van der Waals surface area contributed by atoms with Crippen LogP contribution in [0.5, 0.6) is 0 Å². The van der Waals surface area contributed by atoms with Crippen LogP contribution in [0.25, 0.3) is 0 Å². The number of hydrogen-bond donors (Lipinski definition) is 2. The van der Waals surface area contributed by atoms with Crippen LogP contribution in [-0.4, -0.2) is 10.9 Å². The number of aromatic nitrogens is 1. The number of amides is 1. The molecule has 1 unspecified atom stereocenters. The predicted octanol–water partition coefficient (Wildman–Crippen LogP) is 2.93. The summed E-state index contributed by atoms with van der Waals surface area (Å²) in [5.41, 5.74) is 6.59. The predicted molar refractivity (Wildman–Crippen MR) is 74.5 cm³/mol. The number of nitrogens with zero attached hydrogens (tertiary/aromatic N) is 1. The first kappa shape index (κ1) is 13.5. The van der Waals surface area contributed by atoms with Gasteiger partial charge >= 0.3 is 0 Å². The number of rotatable bonds is 3. The molecule has 4 nitrogen and oxygen atoms in total. The highest BCUT2D eigenvalue weighted by molar-refractivity contribution is 7.13. The van der Waals surface area contributed by atoms with Crippen LogP contribution in [0.1, 0.15) is 51.3 Å². The minimum atomic E-state index is -0.0811. The van der Waals surface area contributed by atoms with Gasteiger partial charge in [-0.1, -0.05) is 6.92 Å². The topological polar surface area (TPSA) is 68.0 Å². The molecule has 0 spiro atoms. The highest BCUT2D eigenvalue weighted by Crippen LogP contribution is 2.29. The van der Waals surface area contributed by atoms with Crippen LogP contribution in [0.4, 0.5) is 5.13 Å². The fraction of sp³-hybridized carbons (Fsp3) is 0.692. The molecule has 1 saturated carbocycles. The lowest BCUT2D eigenvalue weighted by Gasteiger charge is -2.24. The van der Waals surface area contributed by atoms with E-state index in [-0.39, 0.29) is 17.9 Å². The molecule has 1 aliphatic carbocycles. The summed E-state index contributed by atoms with van der Waals surface area (Å²) in [7, 11) is 0. The molecular formula is C13H21N3OS. The number of carbonyl (C=O) groups is 1. The van der Waals surface area contributed by atoms with E-state index in [1.807, 2.05) is 12.3 Å². The van der Waals surface area contributed by atoms with Gasteiger partial charge in [0, 0.05) is 17.3 Å². The van der Waals surface area contributed by atoms with Crippen molar-refractivity contribution in [1.29, 1.82) is 0 Å². The van der Waals surface area contributed by atoms with E-state index < -0.39 is 0 Å². The van der Waals surface area contributed by atoms with E-state index in [1.54, 1.807) is 0 Å². The first-order valence-electron chi connectivity index (χ1n) is 6.58. The number of nitrogens with one attached hydrogen (secondary N) is 1. The van der Waals surface area contributed by atoms with Gasteiger partial charge in [-0.25, -0.2) is 4.98 Å². The quantitative estimate of drug-likeness (QED) is 0.884. The lowest BCUT2D eigenvalue weighted by molar-refractivity contribution is -0.121. The summed E-state index contributed by atoms with van der Waals surface area (Å²) in [6.07, 6.45) is 4.30. The summed E-state index contributed by atoms with van der Waals surface area (Å²) < 4.78 is 0. The first-order valence-corrected chi connectivity index (χ1v) is 7.46. The van der Waals surface area contributed by atoms with Crippen molar-refractivity contribution in [2.45, 2.75) is 45.6 Å². The molecule has 1 aliphatic rings. The average molecular weight is 267 g/mol. The Balaban J connectivity index is 1.90. The summed E-state index contributed by atoms with van der Waals surface area (Å²) >= 11 is 1.45. The molecule has 0 radical (unpaired) electrons. The summed E-state index contributed by atoms with van der Waals surface area (Å²) in [6, 6.07) is -0.0811. The molecule has 2 rings (SSSR count). The number of carbonyl (C=O) groups excluding carboxylic acids is 1. The first-order chi connectivity index (χ1) is 8.56. The largest absolute Gasteiger partial charge is 0.323 e. The van der Waals surface area contributed by atoms with Crippen molar-refractivity contribution in [3.8, 4) is 0 Å². The Hall–Kier alpha value is -0.940. The fourth-order valence-electron chi connectivity index (χ4n) is 2.28. The second-order valence-electron chi connectivity index (χ2n) is 5.31. The van der Waals surface area contributed by atoms with E-state index in [2.05, 4.69) is 17.2 Å². The van der Waals surface area contributed by atoms with Gasteiger partial charge in [-0.05, 0) is 38.5 Å². The lowest BCUT2D eigenvalue weighted by Crippen LogP contribution is -2.26. The zero-order valence-corrected chi connectivity index (χ0v) is 11.8. The van der Waals surface area contributed by atoms with Crippen LogP contribution < -0.4 is 11.1 Å². The van der Waals surface area contributed by atoms with Gasteiger partial charge in [-0.2, -0.15) is 0 Å². The van der Waals surface area contributed by atoms with Gasteiger partial charge in [0.05, 0.1) is 5.69 Å². The van der Waals surface area contributed by atoms with Crippen molar-refractivity contribution >= 4 is 22.4 Å². The maximum atomic E-state index is 12.1. The van der Waals surface area contributed by atoms with Crippen molar-refractivity contribution in [3.63, 3.8) is 0 Å². The zero-order valence-electron chi connectivity index (χ0n) is 11.0. The van der Waals surface area contributed by atoms with Crippen LogP contribution in [0.15, 0.2) is 5.38 Å². The molecule has 0 bridgehead atoms. The maximum absolute atomic E-state index is 12.1. The van der Waals surface area contributed by atoms with E-state index in [9.17, 15) is 4.79 Å². The Kier molecular flexibility index (Phi) is 4.35. The Morgan fingerprint density at radius 3 is 2.72 bits per heavy atom. The van der Waals surface area contributed by atoms with Crippen LogP contribution in [0.3, 0.4) is 0 Å². The third kappa shape index (κ3) is 3.29. The van der Waals surface area contributed by atoms with Gasteiger partial charge in [-0.15, -0.1) is 11.3 Å². The lowest BCUT2D eigenvalue weighted by atomic mass is 9.82. The van der Waals surface area contributed by atoms with E-state index in [1.165, 1.54) is 11.3 Å². The molecule has 100 valence electrons. The molecule has 18 heavy (non-hydrogen) atoms. The molecule has 1 atom stereocenters. The molecule has 1 aromatic rings. The maximum Gasteiger partial charge on any atom is 0.229 e. The monoisotopic (exact) mass is 267 g/mol. The average Bonchev–Trinajstić information content (AvgIpc) is 2.78. The highest BCUT2D eigenvalue weighted by Gasteiger charge is 2.24. The molecule has 1 fully saturated rings. The summed E-state index contributed by atoms with van der Waals surface area (Å²) in [6.45, 7) is 4.15. The van der Waals surface area contributed by atoms with Crippen LogP contribution in [-0.2, 0) is 4.79 Å². The van der Waals surface area contributed by atoms with Crippen LogP contribution >= 0.6 is 11.3 Å². The van der Waals surface area contributed by atoms with Gasteiger partial charge in [0.15, 0.2) is 5.13 Å². The molecule has 1 heterocycles. The second kappa shape index (κ2) is 5.80. The smallest absolute Gasteiger partial charge is 0.229 e. The normalized spacial score (nSPS) is 25.7. The number of anilines is 1. The van der Waals surface area contributed by atoms with Crippen molar-refractivity contribution < 1.29 is 4.79 Å². The highest BCUT2D eigenvalue weighted by atomic mass is 32.1. The number of nitrogens with two attached hydrogens (primary N) is 1. The Bertz CT molecular complexity index is 408. The van der Waals surface area contributed by atoms with Crippen molar-refractivity contribution in [3.05, 3.63) is 11.1 Å². The zero-order chi connectivity index (χ0) is 13.1. The van der Waals surface area contributed by atoms with E-state index in [4.69, 9.17) is 5.73 Å². The molecule has 0 saturated heterocycles. The second-order valence-corrected chi connectivity index (χ2v) is 6.17. The summed E-state index contributed by atoms with van der Waals surface area (Å²) in [5.74, 6) is 1.04. The van der Waals surface area contributed by atoms with Gasteiger partial charge in [0.1, 0.15) is 0 Å². The Labute approximate surface area is 112 Å². The minimum Gasteiger partial charge on any atom is -0.323 e. The van der Waals surface area contributed by atoms with Gasteiger partial charge in [-0.3, -0.25) is 4.79 Å². The number of hydrogen-bond acceptors (Lipinski definition) is 4. The van der Waals surface area contributed by atoms with Gasteiger partial charge in [0.2, 0.25) is 5.91 Å².